The zero-order chi connectivity index (χ0) is 16.9. The molecule has 0 unspecified atom stereocenters. The highest BCUT2D eigenvalue weighted by atomic mass is 35.5. The lowest BCUT2D eigenvalue weighted by molar-refractivity contribution is -0.121. The number of aryl methyl sites for hydroxylation is 1. The van der Waals surface area contributed by atoms with Crippen molar-refractivity contribution >= 4 is 28.4 Å². The fourth-order valence-corrected chi connectivity index (χ4v) is 2.62. The molecule has 0 saturated carbocycles. The van der Waals surface area contributed by atoms with Crippen molar-refractivity contribution in [3.8, 4) is 0 Å². The van der Waals surface area contributed by atoms with Crippen LogP contribution in [-0.2, 0) is 17.8 Å². The van der Waals surface area contributed by atoms with Gasteiger partial charge in [-0.2, -0.15) is 0 Å². The van der Waals surface area contributed by atoms with Crippen LogP contribution in [0.2, 0.25) is 5.15 Å². The van der Waals surface area contributed by atoms with Gasteiger partial charge in [-0.3, -0.25) is 9.78 Å². The molecule has 0 atom stereocenters. The Morgan fingerprint density at radius 2 is 1.96 bits per heavy atom. The van der Waals surface area contributed by atoms with Crippen LogP contribution >= 0.6 is 11.6 Å². The number of amides is 1. The molecule has 122 valence electrons. The van der Waals surface area contributed by atoms with E-state index < -0.39 is 0 Å². The summed E-state index contributed by atoms with van der Waals surface area (Å²) in [4.78, 5) is 20.1. The van der Waals surface area contributed by atoms with Crippen molar-refractivity contribution in [2.24, 2.45) is 0 Å². The van der Waals surface area contributed by atoms with Crippen molar-refractivity contribution in [1.82, 2.24) is 15.3 Å². The summed E-state index contributed by atoms with van der Waals surface area (Å²) >= 11 is 6.16. The highest BCUT2D eigenvalue weighted by Crippen LogP contribution is 2.22. The molecule has 2 heterocycles. The van der Waals surface area contributed by atoms with Gasteiger partial charge in [-0.1, -0.05) is 11.6 Å². The fraction of sp³-hybridized carbons (Fsp3) is 0.167. The standard InChI is InChI=1S/C18H15ClFN3O/c19-18-13(9-14-10-15(20)2-3-16(14)23-18)1-4-17(24)22-11-12-5-7-21-8-6-12/h2-3,5-10H,1,4,11H2,(H,22,24). The molecule has 3 rings (SSSR count). The summed E-state index contributed by atoms with van der Waals surface area (Å²) in [5.74, 6) is -0.408. The molecule has 24 heavy (non-hydrogen) atoms. The van der Waals surface area contributed by atoms with E-state index in [0.29, 0.717) is 29.0 Å². The van der Waals surface area contributed by atoms with Gasteiger partial charge in [-0.25, -0.2) is 9.37 Å². The van der Waals surface area contributed by atoms with Gasteiger partial charge in [0.1, 0.15) is 11.0 Å². The minimum Gasteiger partial charge on any atom is -0.352 e. The fourth-order valence-electron chi connectivity index (χ4n) is 2.38. The molecule has 1 N–H and O–H groups in total. The third kappa shape index (κ3) is 4.06. The van der Waals surface area contributed by atoms with Crippen LogP contribution < -0.4 is 5.32 Å². The smallest absolute Gasteiger partial charge is 0.220 e. The van der Waals surface area contributed by atoms with Crippen LogP contribution in [-0.4, -0.2) is 15.9 Å². The zero-order valence-electron chi connectivity index (χ0n) is 12.8. The molecule has 0 bridgehead atoms. The molecule has 0 radical (unpaired) electrons. The zero-order valence-corrected chi connectivity index (χ0v) is 13.6. The van der Waals surface area contributed by atoms with Crippen molar-refractivity contribution < 1.29 is 9.18 Å². The maximum Gasteiger partial charge on any atom is 0.220 e. The van der Waals surface area contributed by atoms with E-state index in [-0.39, 0.29) is 18.1 Å². The first kappa shape index (κ1) is 16.3. The predicted molar refractivity (Wildman–Crippen MR) is 91.1 cm³/mol. The molecule has 0 aliphatic heterocycles. The van der Waals surface area contributed by atoms with E-state index in [0.717, 1.165) is 11.1 Å². The van der Waals surface area contributed by atoms with E-state index in [1.54, 1.807) is 24.5 Å². The van der Waals surface area contributed by atoms with Crippen LogP contribution in [0.1, 0.15) is 17.5 Å². The Labute approximate surface area is 143 Å². The largest absolute Gasteiger partial charge is 0.352 e. The summed E-state index contributed by atoms with van der Waals surface area (Å²) in [5.41, 5.74) is 2.35. The van der Waals surface area contributed by atoms with Crippen molar-refractivity contribution in [1.29, 1.82) is 0 Å². The summed E-state index contributed by atoms with van der Waals surface area (Å²) in [5, 5.41) is 3.86. The lowest BCUT2D eigenvalue weighted by Crippen LogP contribution is -2.23. The highest BCUT2D eigenvalue weighted by molar-refractivity contribution is 6.30. The number of hydrogen-bond donors (Lipinski definition) is 1. The first-order chi connectivity index (χ1) is 11.6. The number of aromatic nitrogens is 2. The molecule has 0 aliphatic rings. The Morgan fingerprint density at radius 1 is 1.17 bits per heavy atom. The van der Waals surface area contributed by atoms with Gasteiger partial charge in [-0.15, -0.1) is 0 Å². The van der Waals surface area contributed by atoms with Gasteiger partial charge in [0.25, 0.3) is 0 Å². The lowest BCUT2D eigenvalue weighted by Gasteiger charge is -2.08. The summed E-state index contributed by atoms with van der Waals surface area (Å²) in [7, 11) is 0. The Balaban J connectivity index is 1.62. The molecule has 3 aromatic rings. The first-order valence-corrected chi connectivity index (χ1v) is 7.90. The van der Waals surface area contributed by atoms with Crippen LogP contribution in [0.15, 0.2) is 48.8 Å². The van der Waals surface area contributed by atoms with E-state index in [9.17, 15) is 9.18 Å². The number of benzene rings is 1. The summed E-state index contributed by atoms with van der Waals surface area (Å²) < 4.78 is 13.3. The maximum atomic E-state index is 13.3. The quantitative estimate of drug-likeness (QED) is 0.719. The number of fused-ring (bicyclic) bond motifs is 1. The Kier molecular flexibility index (Phi) is 5.01. The number of halogens is 2. The van der Waals surface area contributed by atoms with Gasteiger partial charge in [0.2, 0.25) is 5.91 Å². The van der Waals surface area contributed by atoms with Crippen LogP contribution in [0.5, 0.6) is 0 Å². The van der Waals surface area contributed by atoms with Gasteiger partial charge >= 0.3 is 0 Å². The molecule has 0 saturated heterocycles. The average molecular weight is 344 g/mol. The van der Waals surface area contributed by atoms with Gasteiger partial charge in [0, 0.05) is 30.7 Å². The molecule has 0 spiro atoms. The molecular formula is C18H15ClFN3O. The Bertz CT molecular complexity index is 871. The Hall–Kier alpha value is -2.53. The van der Waals surface area contributed by atoms with Crippen LogP contribution in [0.3, 0.4) is 0 Å². The third-order valence-electron chi connectivity index (χ3n) is 3.66. The molecule has 1 amide bonds. The third-order valence-corrected chi connectivity index (χ3v) is 3.99. The number of nitrogens with zero attached hydrogens (tertiary/aromatic N) is 2. The van der Waals surface area contributed by atoms with E-state index in [4.69, 9.17) is 11.6 Å². The molecular weight excluding hydrogens is 329 g/mol. The molecule has 0 aliphatic carbocycles. The highest BCUT2D eigenvalue weighted by Gasteiger charge is 2.09. The number of carbonyl (C=O) groups is 1. The van der Waals surface area contributed by atoms with Crippen molar-refractivity contribution in [3.63, 3.8) is 0 Å². The van der Waals surface area contributed by atoms with E-state index >= 15 is 0 Å². The first-order valence-electron chi connectivity index (χ1n) is 7.52. The number of nitrogens with one attached hydrogen (secondary N) is 1. The second-order valence-electron chi connectivity index (χ2n) is 5.41. The topological polar surface area (TPSA) is 54.9 Å². The normalized spacial score (nSPS) is 10.8. The van der Waals surface area contributed by atoms with Gasteiger partial charge in [-0.05, 0) is 53.9 Å². The van der Waals surface area contributed by atoms with E-state index in [2.05, 4.69) is 15.3 Å². The van der Waals surface area contributed by atoms with Crippen molar-refractivity contribution in [2.75, 3.05) is 0 Å². The molecule has 1 aromatic carbocycles. The molecule has 6 heteroatoms. The minimum atomic E-state index is -0.326. The Morgan fingerprint density at radius 3 is 2.75 bits per heavy atom. The number of carbonyl (C=O) groups excluding carboxylic acids is 1. The second-order valence-corrected chi connectivity index (χ2v) is 5.77. The van der Waals surface area contributed by atoms with Crippen LogP contribution in [0.4, 0.5) is 4.39 Å². The summed E-state index contributed by atoms with van der Waals surface area (Å²) in [6, 6.07) is 9.81. The van der Waals surface area contributed by atoms with Crippen LogP contribution in [0.25, 0.3) is 10.9 Å². The predicted octanol–water partition coefficient (Wildman–Crippen LogP) is 3.67. The minimum absolute atomic E-state index is 0.0813. The molecule has 4 nitrogen and oxygen atoms in total. The van der Waals surface area contributed by atoms with Gasteiger partial charge in [0.15, 0.2) is 0 Å². The molecule has 0 fully saturated rings. The SMILES string of the molecule is O=C(CCc1cc2cc(F)ccc2nc1Cl)NCc1ccncc1. The second kappa shape index (κ2) is 7.36. The lowest BCUT2D eigenvalue weighted by atomic mass is 10.1. The van der Waals surface area contributed by atoms with Crippen molar-refractivity contribution in [2.45, 2.75) is 19.4 Å². The van der Waals surface area contributed by atoms with Crippen molar-refractivity contribution in [3.05, 3.63) is 70.9 Å². The van der Waals surface area contributed by atoms with Gasteiger partial charge < -0.3 is 5.32 Å². The summed E-state index contributed by atoms with van der Waals surface area (Å²) in [6.07, 6.45) is 4.09. The maximum absolute atomic E-state index is 13.3. The number of rotatable bonds is 5. The van der Waals surface area contributed by atoms with Crippen LogP contribution in [0, 0.1) is 5.82 Å². The van der Waals surface area contributed by atoms with E-state index in [1.165, 1.54) is 12.1 Å². The number of hydrogen-bond acceptors (Lipinski definition) is 3. The number of pyridine rings is 2. The average Bonchev–Trinajstić information content (AvgIpc) is 2.59. The van der Waals surface area contributed by atoms with Gasteiger partial charge in [0.05, 0.1) is 5.52 Å². The monoisotopic (exact) mass is 343 g/mol. The molecule has 2 aromatic heterocycles. The van der Waals surface area contributed by atoms with E-state index in [1.807, 2.05) is 12.1 Å². The summed E-state index contributed by atoms with van der Waals surface area (Å²) in [6.45, 7) is 0.455.